The molecule has 3 nitrogen and oxygen atoms in total. The molecule has 14 heavy (non-hydrogen) atoms. The fourth-order valence-electron chi connectivity index (χ4n) is 0.896. The summed E-state index contributed by atoms with van der Waals surface area (Å²) in [5.41, 5.74) is 0.826. The zero-order valence-corrected chi connectivity index (χ0v) is 10.3. The summed E-state index contributed by atoms with van der Waals surface area (Å²) in [4.78, 5) is 4.06. The summed E-state index contributed by atoms with van der Waals surface area (Å²) in [7, 11) is 1.71. The molecule has 78 valence electrons. The van der Waals surface area contributed by atoms with E-state index in [2.05, 4.69) is 26.2 Å². The van der Waals surface area contributed by atoms with Crippen LogP contribution in [-0.2, 0) is 4.74 Å². The number of aromatic nitrogens is 1. The van der Waals surface area contributed by atoms with Crippen LogP contribution in [0.15, 0.2) is 22.9 Å². The monoisotopic (exact) mass is 258 g/mol. The molecule has 1 aromatic rings. The molecule has 0 spiro atoms. The van der Waals surface area contributed by atoms with Gasteiger partial charge in [0.15, 0.2) is 0 Å². The van der Waals surface area contributed by atoms with Crippen LogP contribution < -0.4 is 5.32 Å². The Hall–Kier alpha value is -0.610. The van der Waals surface area contributed by atoms with Gasteiger partial charge in [0, 0.05) is 24.3 Å². The van der Waals surface area contributed by atoms with Crippen LogP contribution in [0.3, 0.4) is 0 Å². The summed E-state index contributed by atoms with van der Waals surface area (Å²) in [6.07, 6.45) is 3.54. The number of rotatable bonds is 4. The summed E-state index contributed by atoms with van der Waals surface area (Å²) in [5, 5.41) is 3.26. The van der Waals surface area contributed by atoms with Crippen molar-refractivity contribution in [2.24, 2.45) is 0 Å². The van der Waals surface area contributed by atoms with Crippen molar-refractivity contribution in [3.8, 4) is 0 Å². The second-order valence-electron chi connectivity index (χ2n) is 3.71. The molecule has 1 rings (SSSR count). The van der Waals surface area contributed by atoms with E-state index in [0.717, 1.165) is 16.7 Å². The fraction of sp³-hybridized carbons (Fsp3) is 0.500. The Balaban J connectivity index is 2.54. The summed E-state index contributed by atoms with van der Waals surface area (Å²) in [5.74, 6) is 0. The number of methoxy groups -OCH3 is 1. The van der Waals surface area contributed by atoms with Crippen molar-refractivity contribution in [1.82, 2.24) is 4.98 Å². The molecule has 0 aliphatic heterocycles. The highest BCUT2D eigenvalue weighted by Crippen LogP contribution is 2.15. The van der Waals surface area contributed by atoms with Gasteiger partial charge >= 0.3 is 0 Å². The lowest BCUT2D eigenvalue weighted by atomic mass is 10.1. The Labute approximate surface area is 93.0 Å². The van der Waals surface area contributed by atoms with Crippen molar-refractivity contribution in [3.05, 3.63) is 22.9 Å². The highest BCUT2D eigenvalue weighted by molar-refractivity contribution is 9.10. The summed E-state index contributed by atoms with van der Waals surface area (Å²) in [6, 6.07) is 1.98. The van der Waals surface area contributed by atoms with E-state index >= 15 is 0 Å². The van der Waals surface area contributed by atoms with Crippen LogP contribution in [-0.4, -0.2) is 24.2 Å². The molecule has 0 saturated heterocycles. The Morgan fingerprint density at radius 3 is 2.79 bits per heavy atom. The van der Waals surface area contributed by atoms with Crippen LogP contribution in [0.4, 0.5) is 5.69 Å². The van der Waals surface area contributed by atoms with E-state index in [9.17, 15) is 0 Å². The Morgan fingerprint density at radius 1 is 1.50 bits per heavy atom. The number of ether oxygens (including phenoxy) is 1. The van der Waals surface area contributed by atoms with Gasteiger partial charge in [0.25, 0.3) is 0 Å². The van der Waals surface area contributed by atoms with Gasteiger partial charge < -0.3 is 10.1 Å². The van der Waals surface area contributed by atoms with Crippen LogP contribution >= 0.6 is 15.9 Å². The quantitative estimate of drug-likeness (QED) is 0.902. The minimum absolute atomic E-state index is 0.164. The first kappa shape index (κ1) is 11.5. The van der Waals surface area contributed by atoms with Gasteiger partial charge in [-0.05, 0) is 35.8 Å². The number of hydrogen-bond acceptors (Lipinski definition) is 3. The number of halogens is 1. The fourth-order valence-corrected chi connectivity index (χ4v) is 1.26. The lowest BCUT2D eigenvalue weighted by Gasteiger charge is -2.23. The lowest BCUT2D eigenvalue weighted by molar-refractivity contribution is 0.0344. The predicted octanol–water partition coefficient (Wildman–Crippen LogP) is 2.68. The molecule has 0 aliphatic carbocycles. The average Bonchev–Trinajstić information content (AvgIpc) is 2.15. The van der Waals surface area contributed by atoms with Gasteiger partial charge in [0.1, 0.15) is 0 Å². The highest BCUT2D eigenvalue weighted by Gasteiger charge is 2.15. The Morgan fingerprint density at radius 2 is 2.21 bits per heavy atom. The number of hydrogen-bond donors (Lipinski definition) is 1. The van der Waals surface area contributed by atoms with E-state index in [4.69, 9.17) is 4.74 Å². The zero-order chi connectivity index (χ0) is 10.6. The summed E-state index contributed by atoms with van der Waals surface area (Å²) >= 11 is 3.37. The third-order valence-corrected chi connectivity index (χ3v) is 2.41. The third kappa shape index (κ3) is 3.64. The number of nitrogens with zero attached hydrogens (tertiary/aromatic N) is 1. The Bertz CT molecular complexity index is 302. The SMILES string of the molecule is COC(C)(C)CNc1cncc(Br)c1. The average molecular weight is 259 g/mol. The van der Waals surface area contributed by atoms with Crippen LogP contribution in [0.5, 0.6) is 0 Å². The van der Waals surface area contributed by atoms with Crippen molar-refractivity contribution >= 4 is 21.6 Å². The molecule has 0 unspecified atom stereocenters. The molecule has 0 atom stereocenters. The smallest absolute Gasteiger partial charge is 0.0794 e. The van der Waals surface area contributed by atoms with Crippen molar-refractivity contribution < 1.29 is 4.74 Å². The molecule has 1 N–H and O–H groups in total. The van der Waals surface area contributed by atoms with Crippen LogP contribution in [0, 0.1) is 0 Å². The van der Waals surface area contributed by atoms with Gasteiger partial charge in [-0.1, -0.05) is 0 Å². The highest BCUT2D eigenvalue weighted by atomic mass is 79.9. The van der Waals surface area contributed by atoms with E-state index in [1.165, 1.54) is 0 Å². The molecular weight excluding hydrogens is 244 g/mol. The topological polar surface area (TPSA) is 34.1 Å². The molecule has 1 aromatic heterocycles. The molecule has 0 aliphatic rings. The first-order chi connectivity index (χ1) is 6.53. The molecule has 0 amide bonds. The zero-order valence-electron chi connectivity index (χ0n) is 8.67. The standard InChI is InChI=1S/C10H15BrN2O/c1-10(2,14-3)7-13-9-4-8(11)5-12-6-9/h4-6,13H,7H2,1-3H3. The van der Waals surface area contributed by atoms with Gasteiger partial charge in [-0.3, -0.25) is 4.98 Å². The summed E-state index contributed by atoms with van der Waals surface area (Å²) < 4.78 is 6.27. The van der Waals surface area contributed by atoms with Crippen molar-refractivity contribution in [2.75, 3.05) is 19.0 Å². The number of anilines is 1. The van der Waals surface area contributed by atoms with Crippen molar-refractivity contribution in [1.29, 1.82) is 0 Å². The number of nitrogens with one attached hydrogen (secondary N) is 1. The summed E-state index contributed by atoms with van der Waals surface area (Å²) in [6.45, 7) is 4.82. The minimum atomic E-state index is -0.164. The van der Waals surface area contributed by atoms with Crippen LogP contribution in [0.25, 0.3) is 0 Å². The first-order valence-electron chi connectivity index (χ1n) is 4.43. The second kappa shape index (κ2) is 4.75. The van der Waals surface area contributed by atoms with Crippen molar-refractivity contribution in [2.45, 2.75) is 19.4 Å². The number of pyridine rings is 1. The molecule has 0 aromatic carbocycles. The van der Waals surface area contributed by atoms with Gasteiger partial charge in [-0.25, -0.2) is 0 Å². The van der Waals surface area contributed by atoms with Gasteiger partial charge in [0.05, 0.1) is 17.5 Å². The van der Waals surface area contributed by atoms with E-state index in [0.29, 0.717) is 0 Å². The first-order valence-corrected chi connectivity index (χ1v) is 5.22. The van der Waals surface area contributed by atoms with Gasteiger partial charge in [-0.15, -0.1) is 0 Å². The van der Waals surface area contributed by atoms with Gasteiger partial charge in [-0.2, -0.15) is 0 Å². The van der Waals surface area contributed by atoms with E-state index in [1.807, 2.05) is 19.9 Å². The predicted molar refractivity (Wildman–Crippen MR) is 61.5 cm³/mol. The molecule has 0 fully saturated rings. The lowest BCUT2D eigenvalue weighted by Crippen LogP contribution is -2.32. The maximum absolute atomic E-state index is 5.29. The maximum Gasteiger partial charge on any atom is 0.0794 e. The van der Waals surface area contributed by atoms with Crippen LogP contribution in [0.1, 0.15) is 13.8 Å². The molecule has 1 heterocycles. The largest absolute Gasteiger partial charge is 0.381 e. The molecule has 0 saturated carbocycles. The Kier molecular flexibility index (Phi) is 3.89. The van der Waals surface area contributed by atoms with Crippen molar-refractivity contribution in [3.63, 3.8) is 0 Å². The molecule has 0 radical (unpaired) electrons. The normalized spacial score (nSPS) is 11.4. The second-order valence-corrected chi connectivity index (χ2v) is 4.62. The van der Waals surface area contributed by atoms with E-state index in [-0.39, 0.29) is 5.60 Å². The van der Waals surface area contributed by atoms with E-state index < -0.39 is 0 Å². The molecular formula is C10H15BrN2O. The minimum Gasteiger partial charge on any atom is -0.381 e. The van der Waals surface area contributed by atoms with E-state index in [1.54, 1.807) is 19.5 Å². The van der Waals surface area contributed by atoms with Crippen LogP contribution in [0.2, 0.25) is 0 Å². The molecule has 0 bridgehead atoms. The molecule has 4 heteroatoms. The maximum atomic E-state index is 5.29. The van der Waals surface area contributed by atoms with Gasteiger partial charge in [0.2, 0.25) is 0 Å². The third-order valence-electron chi connectivity index (χ3n) is 1.98.